The van der Waals surface area contributed by atoms with Gasteiger partial charge < -0.3 is 14.5 Å². The number of para-hydroxylation sites is 1. The van der Waals surface area contributed by atoms with Gasteiger partial charge in [0.25, 0.3) is 0 Å². The monoisotopic (exact) mass is 362 g/mol. The molecule has 0 aliphatic rings. The summed E-state index contributed by atoms with van der Waals surface area (Å²) in [5.41, 5.74) is 1.82. The summed E-state index contributed by atoms with van der Waals surface area (Å²) in [6.07, 6.45) is -0.214. The minimum absolute atomic E-state index is 0.286. The lowest BCUT2D eigenvalue weighted by Gasteiger charge is -2.17. The van der Waals surface area contributed by atoms with Gasteiger partial charge in [-0.1, -0.05) is 18.2 Å². The third-order valence-corrected chi connectivity index (χ3v) is 4.15. The number of carbonyl (C=O) groups excluding carboxylic acids is 2. The van der Waals surface area contributed by atoms with E-state index < -0.39 is 18.2 Å². The van der Waals surface area contributed by atoms with Gasteiger partial charge in [-0.05, 0) is 44.2 Å². The fourth-order valence-electron chi connectivity index (χ4n) is 2.68. The van der Waals surface area contributed by atoms with E-state index in [9.17, 15) is 9.59 Å². The number of ether oxygens (including phenoxy) is 2. The molecular weight excluding hydrogens is 344 g/mol. The van der Waals surface area contributed by atoms with Gasteiger partial charge in [0.15, 0.2) is 12.2 Å². The molecule has 0 spiro atoms. The average Bonchev–Trinajstić information content (AvgIpc) is 3.12. The van der Waals surface area contributed by atoms with Crippen LogP contribution < -0.4 is 4.74 Å². The lowest BCUT2D eigenvalue weighted by Crippen LogP contribution is -2.32. The predicted molar refractivity (Wildman–Crippen MR) is 99.4 cm³/mol. The van der Waals surface area contributed by atoms with E-state index >= 15 is 0 Å². The fourth-order valence-corrected chi connectivity index (χ4v) is 2.68. The van der Waals surface area contributed by atoms with Crippen molar-refractivity contribution in [1.29, 1.82) is 5.26 Å². The van der Waals surface area contributed by atoms with Crippen molar-refractivity contribution < 1.29 is 19.1 Å². The first-order valence-electron chi connectivity index (χ1n) is 8.47. The third-order valence-electron chi connectivity index (χ3n) is 4.15. The molecular formula is C21H18N2O4. The number of aromatic amines is 1. The number of benzene rings is 2. The predicted octanol–water partition coefficient (Wildman–Crippen LogP) is 3.62. The molecule has 0 radical (unpaired) electrons. The topological polar surface area (TPSA) is 92.2 Å². The van der Waals surface area contributed by atoms with Gasteiger partial charge in [0, 0.05) is 22.7 Å². The number of hydrogen-bond acceptors (Lipinski definition) is 5. The van der Waals surface area contributed by atoms with Gasteiger partial charge in [0.05, 0.1) is 11.6 Å². The standard InChI is InChI=1S/C21H18N2O4/c1-13(20(24)18-12-23-19-6-4-3-5-17(18)19)27-21(25)14(2)26-16-9-7-15(11-22)8-10-16/h3-10,12-14,23H,1-2H3/t13-,14-/m0/s1. The normalized spacial score (nSPS) is 12.8. The zero-order valence-electron chi connectivity index (χ0n) is 14.9. The van der Waals surface area contributed by atoms with Crippen molar-refractivity contribution in [3.63, 3.8) is 0 Å². The van der Waals surface area contributed by atoms with E-state index in [1.165, 1.54) is 6.92 Å². The Labute approximate surface area is 156 Å². The van der Waals surface area contributed by atoms with Crippen LogP contribution in [0.1, 0.15) is 29.8 Å². The van der Waals surface area contributed by atoms with Crippen molar-refractivity contribution in [2.45, 2.75) is 26.1 Å². The number of nitriles is 1. The molecule has 0 aliphatic carbocycles. The molecule has 0 saturated heterocycles. The van der Waals surface area contributed by atoms with Crippen molar-refractivity contribution in [1.82, 2.24) is 4.98 Å². The average molecular weight is 362 g/mol. The number of nitrogens with one attached hydrogen (secondary N) is 1. The summed E-state index contributed by atoms with van der Waals surface area (Å²) < 4.78 is 10.8. The van der Waals surface area contributed by atoms with E-state index in [4.69, 9.17) is 14.7 Å². The van der Waals surface area contributed by atoms with E-state index in [1.54, 1.807) is 37.4 Å². The molecule has 0 aliphatic heterocycles. The van der Waals surface area contributed by atoms with Crippen LogP contribution in [-0.2, 0) is 9.53 Å². The highest BCUT2D eigenvalue weighted by atomic mass is 16.6. The summed E-state index contributed by atoms with van der Waals surface area (Å²) in [7, 11) is 0. The smallest absolute Gasteiger partial charge is 0.347 e. The van der Waals surface area contributed by atoms with Crippen LogP contribution in [0, 0.1) is 11.3 Å². The molecule has 3 aromatic rings. The number of rotatable bonds is 6. The van der Waals surface area contributed by atoms with Crippen LogP contribution in [0.25, 0.3) is 10.9 Å². The molecule has 6 nitrogen and oxygen atoms in total. The molecule has 0 amide bonds. The van der Waals surface area contributed by atoms with Crippen LogP contribution in [0.3, 0.4) is 0 Å². The Morgan fingerprint density at radius 2 is 1.74 bits per heavy atom. The van der Waals surface area contributed by atoms with E-state index in [1.807, 2.05) is 30.3 Å². The second kappa shape index (κ2) is 7.75. The van der Waals surface area contributed by atoms with Crippen LogP contribution in [0.5, 0.6) is 5.75 Å². The lowest BCUT2D eigenvalue weighted by atomic mass is 10.1. The SMILES string of the molecule is C[C@H](Oc1ccc(C#N)cc1)C(=O)O[C@@H](C)C(=O)c1c[nH]c2ccccc12. The van der Waals surface area contributed by atoms with E-state index in [-0.39, 0.29) is 5.78 Å². The molecule has 6 heteroatoms. The summed E-state index contributed by atoms with van der Waals surface area (Å²) in [6.45, 7) is 3.08. The van der Waals surface area contributed by atoms with Crippen molar-refractivity contribution in [2.75, 3.05) is 0 Å². The van der Waals surface area contributed by atoms with Gasteiger partial charge >= 0.3 is 5.97 Å². The summed E-state index contributed by atoms with van der Waals surface area (Å²) in [6, 6.07) is 15.8. The molecule has 1 aromatic heterocycles. The molecule has 0 saturated carbocycles. The Morgan fingerprint density at radius 1 is 1.04 bits per heavy atom. The Kier molecular flexibility index (Phi) is 5.23. The number of carbonyl (C=O) groups is 2. The van der Waals surface area contributed by atoms with Gasteiger partial charge in [-0.15, -0.1) is 0 Å². The first-order chi connectivity index (χ1) is 13.0. The fraction of sp³-hybridized carbons (Fsp3) is 0.190. The first-order valence-corrected chi connectivity index (χ1v) is 8.47. The summed E-state index contributed by atoms with van der Waals surface area (Å²) >= 11 is 0. The van der Waals surface area contributed by atoms with Crippen LogP contribution in [0.4, 0.5) is 0 Å². The van der Waals surface area contributed by atoms with Crippen molar-refractivity contribution >= 4 is 22.7 Å². The number of Topliss-reactive ketones (excluding diaryl/α,β-unsaturated/α-hetero) is 1. The lowest BCUT2D eigenvalue weighted by molar-refractivity contribution is -0.153. The molecule has 1 N–H and O–H groups in total. The maximum atomic E-state index is 12.6. The van der Waals surface area contributed by atoms with Gasteiger partial charge in [0.1, 0.15) is 5.75 Å². The number of ketones is 1. The Morgan fingerprint density at radius 3 is 2.44 bits per heavy atom. The number of aromatic nitrogens is 1. The molecule has 0 bridgehead atoms. The van der Waals surface area contributed by atoms with Crippen LogP contribution >= 0.6 is 0 Å². The minimum Gasteiger partial charge on any atom is -0.479 e. The minimum atomic E-state index is -0.941. The molecule has 3 rings (SSSR count). The quantitative estimate of drug-likeness (QED) is 0.534. The highest BCUT2D eigenvalue weighted by Gasteiger charge is 2.25. The van der Waals surface area contributed by atoms with Gasteiger partial charge in [-0.25, -0.2) is 4.79 Å². The molecule has 0 unspecified atom stereocenters. The summed E-state index contributed by atoms with van der Waals surface area (Å²) in [5.74, 6) is -0.486. The number of esters is 1. The van der Waals surface area contributed by atoms with Crippen LogP contribution in [0.2, 0.25) is 0 Å². The van der Waals surface area contributed by atoms with Gasteiger partial charge in [-0.2, -0.15) is 5.26 Å². The van der Waals surface area contributed by atoms with E-state index in [2.05, 4.69) is 4.98 Å². The van der Waals surface area contributed by atoms with Crippen molar-refractivity contribution in [2.24, 2.45) is 0 Å². The summed E-state index contributed by atoms with van der Waals surface area (Å²) in [4.78, 5) is 27.9. The van der Waals surface area contributed by atoms with Crippen LogP contribution in [0.15, 0.2) is 54.7 Å². The van der Waals surface area contributed by atoms with E-state index in [0.717, 1.165) is 10.9 Å². The zero-order valence-corrected chi connectivity index (χ0v) is 14.9. The van der Waals surface area contributed by atoms with Gasteiger partial charge in [0.2, 0.25) is 5.78 Å². The molecule has 27 heavy (non-hydrogen) atoms. The van der Waals surface area contributed by atoms with Gasteiger partial charge in [-0.3, -0.25) is 4.79 Å². The van der Waals surface area contributed by atoms with Crippen molar-refractivity contribution in [3.8, 4) is 11.8 Å². The maximum absolute atomic E-state index is 12.6. The maximum Gasteiger partial charge on any atom is 0.347 e. The summed E-state index contributed by atoms with van der Waals surface area (Å²) in [5, 5.41) is 9.58. The highest BCUT2D eigenvalue weighted by molar-refractivity contribution is 6.10. The van der Waals surface area contributed by atoms with Crippen molar-refractivity contribution in [3.05, 3.63) is 65.9 Å². The largest absolute Gasteiger partial charge is 0.479 e. The van der Waals surface area contributed by atoms with Crippen LogP contribution in [-0.4, -0.2) is 28.9 Å². The molecule has 2 aromatic carbocycles. The molecule has 2 atom stereocenters. The third kappa shape index (κ3) is 3.98. The Bertz CT molecular complexity index is 1010. The first kappa shape index (κ1) is 18.2. The molecule has 136 valence electrons. The Hall–Kier alpha value is -3.59. The number of hydrogen-bond donors (Lipinski definition) is 1. The molecule has 1 heterocycles. The number of H-pyrrole nitrogens is 1. The zero-order chi connectivity index (χ0) is 19.4. The number of fused-ring (bicyclic) bond motifs is 1. The second-order valence-corrected chi connectivity index (χ2v) is 6.09. The highest BCUT2D eigenvalue weighted by Crippen LogP contribution is 2.20. The number of nitrogens with zero attached hydrogens (tertiary/aromatic N) is 1. The molecule has 0 fully saturated rings. The van der Waals surface area contributed by atoms with E-state index in [0.29, 0.717) is 16.9 Å². The second-order valence-electron chi connectivity index (χ2n) is 6.09. The Balaban J connectivity index is 1.63.